The van der Waals surface area contributed by atoms with Crippen molar-refractivity contribution in [2.75, 3.05) is 33.7 Å². The number of carbonyl (C=O) groups excluding carboxylic acids is 1. The minimum absolute atomic E-state index is 0.0353. The molecule has 6 nitrogen and oxygen atoms in total. The average Bonchev–Trinajstić information content (AvgIpc) is 3.09. The molecule has 2 aliphatic heterocycles. The van der Waals surface area contributed by atoms with Gasteiger partial charge in [-0.2, -0.15) is 0 Å². The van der Waals surface area contributed by atoms with Crippen LogP contribution in [0.3, 0.4) is 0 Å². The van der Waals surface area contributed by atoms with E-state index in [-0.39, 0.29) is 17.4 Å². The average molecular weight is 341 g/mol. The van der Waals surface area contributed by atoms with Crippen molar-refractivity contribution >= 4 is 5.91 Å². The molecule has 2 unspecified atom stereocenters. The van der Waals surface area contributed by atoms with Crippen LogP contribution in [0.1, 0.15) is 18.0 Å². The fourth-order valence-electron chi connectivity index (χ4n) is 4.23. The predicted molar refractivity (Wildman–Crippen MR) is 94.4 cm³/mol. The number of nitrogens with zero attached hydrogens (tertiary/aromatic N) is 3. The molecule has 1 saturated heterocycles. The van der Waals surface area contributed by atoms with Gasteiger partial charge in [-0.3, -0.25) is 9.59 Å². The van der Waals surface area contributed by atoms with Crippen LogP contribution in [0.4, 0.5) is 0 Å². The van der Waals surface area contributed by atoms with Gasteiger partial charge in [-0.05, 0) is 44.6 Å². The fraction of sp³-hybridized carbons (Fsp3) is 0.474. The van der Waals surface area contributed by atoms with Gasteiger partial charge in [0.05, 0.1) is 12.8 Å². The number of carbonyl (C=O) groups is 1. The van der Waals surface area contributed by atoms with Crippen LogP contribution < -0.4 is 5.56 Å². The van der Waals surface area contributed by atoms with E-state index in [1.165, 1.54) is 0 Å². The maximum Gasteiger partial charge on any atom is 0.250 e. The van der Waals surface area contributed by atoms with E-state index in [9.17, 15) is 9.59 Å². The van der Waals surface area contributed by atoms with Gasteiger partial charge in [0.15, 0.2) is 0 Å². The van der Waals surface area contributed by atoms with Crippen LogP contribution in [0, 0.1) is 5.92 Å². The van der Waals surface area contributed by atoms with Crippen molar-refractivity contribution in [2.24, 2.45) is 5.92 Å². The quantitative estimate of drug-likeness (QED) is 0.851. The summed E-state index contributed by atoms with van der Waals surface area (Å²) < 4.78 is 7.48. The zero-order valence-electron chi connectivity index (χ0n) is 14.6. The molecular weight excluding hydrogens is 318 g/mol. The highest BCUT2D eigenvalue weighted by Crippen LogP contribution is 2.39. The Balaban J connectivity index is 1.72. The number of amides is 1. The molecule has 2 atom stereocenters. The summed E-state index contributed by atoms with van der Waals surface area (Å²) in [4.78, 5) is 28.8. The van der Waals surface area contributed by atoms with E-state index in [0.29, 0.717) is 25.6 Å². The lowest BCUT2D eigenvalue weighted by molar-refractivity contribution is -0.134. The lowest BCUT2D eigenvalue weighted by Crippen LogP contribution is -2.51. The zero-order chi connectivity index (χ0) is 17.6. The van der Waals surface area contributed by atoms with Crippen molar-refractivity contribution in [3.8, 4) is 11.3 Å². The third-order valence-electron chi connectivity index (χ3n) is 5.18. The number of pyridine rings is 1. The van der Waals surface area contributed by atoms with Gasteiger partial charge in [0.2, 0.25) is 5.91 Å². The van der Waals surface area contributed by atoms with Crippen LogP contribution in [0.5, 0.6) is 0 Å². The van der Waals surface area contributed by atoms with Crippen LogP contribution in [-0.2, 0) is 11.3 Å². The summed E-state index contributed by atoms with van der Waals surface area (Å²) in [5.41, 5.74) is 2.02. The highest BCUT2D eigenvalue weighted by atomic mass is 16.3. The van der Waals surface area contributed by atoms with Crippen LogP contribution in [0.2, 0.25) is 0 Å². The Hall–Kier alpha value is -2.34. The Morgan fingerprint density at radius 1 is 1.24 bits per heavy atom. The number of fused-ring (bicyclic) bond motifs is 4. The van der Waals surface area contributed by atoms with Crippen molar-refractivity contribution in [3.63, 3.8) is 0 Å². The first kappa shape index (κ1) is 16.1. The van der Waals surface area contributed by atoms with Crippen molar-refractivity contribution in [1.29, 1.82) is 0 Å². The van der Waals surface area contributed by atoms with Crippen molar-refractivity contribution in [3.05, 3.63) is 46.6 Å². The first-order valence-electron chi connectivity index (χ1n) is 8.73. The molecule has 0 radical (unpaired) electrons. The number of likely N-dealkylation sites (N-methyl/N-ethyl adjacent to an activating group) is 1. The molecule has 4 rings (SSSR count). The summed E-state index contributed by atoms with van der Waals surface area (Å²) in [5.74, 6) is 1.44. The second kappa shape index (κ2) is 6.19. The normalized spacial score (nSPS) is 22.1. The van der Waals surface area contributed by atoms with Crippen LogP contribution in [0.15, 0.2) is 39.7 Å². The number of aromatic nitrogens is 1. The molecule has 132 valence electrons. The van der Waals surface area contributed by atoms with Gasteiger partial charge < -0.3 is 18.8 Å². The molecule has 4 heterocycles. The van der Waals surface area contributed by atoms with Crippen molar-refractivity contribution in [1.82, 2.24) is 14.4 Å². The molecule has 6 heteroatoms. The third kappa shape index (κ3) is 2.91. The van der Waals surface area contributed by atoms with E-state index in [2.05, 4.69) is 0 Å². The van der Waals surface area contributed by atoms with Gasteiger partial charge in [-0.15, -0.1) is 0 Å². The molecule has 0 spiro atoms. The van der Waals surface area contributed by atoms with Crippen LogP contribution in [0.25, 0.3) is 11.3 Å². The molecule has 0 saturated carbocycles. The van der Waals surface area contributed by atoms with Crippen molar-refractivity contribution < 1.29 is 9.21 Å². The molecule has 1 fully saturated rings. The molecule has 2 aliphatic rings. The first-order chi connectivity index (χ1) is 12.0. The molecule has 2 bridgehead atoms. The van der Waals surface area contributed by atoms with Crippen LogP contribution >= 0.6 is 0 Å². The molecule has 2 aromatic rings. The van der Waals surface area contributed by atoms with Gasteiger partial charge in [-0.25, -0.2) is 0 Å². The Kier molecular flexibility index (Phi) is 4.00. The minimum atomic E-state index is 0.0353. The summed E-state index contributed by atoms with van der Waals surface area (Å²) in [7, 11) is 3.82. The van der Waals surface area contributed by atoms with Gasteiger partial charge in [0, 0.05) is 42.9 Å². The number of piperidine rings is 1. The lowest BCUT2D eigenvalue weighted by Gasteiger charge is -2.43. The van der Waals surface area contributed by atoms with Gasteiger partial charge in [0.25, 0.3) is 5.56 Å². The first-order valence-corrected chi connectivity index (χ1v) is 8.73. The second-order valence-corrected chi connectivity index (χ2v) is 7.39. The van der Waals surface area contributed by atoms with E-state index in [0.717, 1.165) is 30.0 Å². The minimum Gasteiger partial charge on any atom is -0.464 e. The summed E-state index contributed by atoms with van der Waals surface area (Å²) in [6.45, 7) is 2.50. The number of rotatable bonds is 3. The third-order valence-corrected chi connectivity index (χ3v) is 5.18. The van der Waals surface area contributed by atoms with Gasteiger partial charge in [0.1, 0.15) is 5.76 Å². The number of furan rings is 1. The standard InChI is InChI=1S/C19H23N3O3/c1-20(2)12-18(24)21-9-13-8-14(11-21)19-15(16-4-3-7-25-16)5-6-17(23)22(19)10-13/h3-7,13-14H,8-12H2,1-2H3. The van der Waals surface area contributed by atoms with E-state index in [4.69, 9.17) is 4.42 Å². The number of likely N-dealkylation sites (tertiary alicyclic amines) is 1. The summed E-state index contributed by atoms with van der Waals surface area (Å²) in [5, 5.41) is 0. The van der Waals surface area contributed by atoms with E-state index < -0.39 is 0 Å². The van der Waals surface area contributed by atoms with E-state index in [1.54, 1.807) is 12.3 Å². The van der Waals surface area contributed by atoms with Crippen LogP contribution in [-0.4, -0.2) is 54.0 Å². The molecule has 0 N–H and O–H groups in total. The number of hydrogen-bond donors (Lipinski definition) is 0. The Morgan fingerprint density at radius 2 is 2.08 bits per heavy atom. The summed E-state index contributed by atoms with van der Waals surface area (Å²) in [6.07, 6.45) is 2.67. The highest BCUT2D eigenvalue weighted by molar-refractivity contribution is 5.78. The second-order valence-electron chi connectivity index (χ2n) is 7.39. The molecular formula is C19H23N3O3. The Bertz CT molecular complexity index is 838. The monoisotopic (exact) mass is 341 g/mol. The number of hydrogen-bond acceptors (Lipinski definition) is 4. The maximum atomic E-state index is 12.5. The largest absolute Gasteiger partial charge is 0.464 e. The highest BCUT2D eigenvalue weighted by Gasteiger charge is 2.38. The molecule has 2 aromatic heterocycles. The smallest absolute Gasteiger partial charge is 0.250 e. The van der Waals surface area contributed by atoms with E-state index in [1.807, 2.05) is 46.7 Å². The summed E-state index contributed by atoms with van der Waals surface area (Å²) in [6, 6.07) is 7.26. The fourth-order valence-corrected chi connectivity index (χ4v) is 4.23. The zero-order valence-corrected chi connectivity index (χ0v) is 14.6. The summed E-state index contributed by atoms with van der Waals surface area (Å²) >= 11 is 0. The molecule has 1 amide bonds. The van der Waals surface area contributed by atoms with Crippen molar-refractivity contribution in [2.45, 2.75) is 18.9 Å². The SMILES string of the molecule is CN(C)CC(=O)N1CC2CC(C1)c1c(-c3ccco3)ccc(=O)n1C2. The van der Waals surface area contributed by atoms with E-state index >= 15 is 0 Å². The van der Waals surface area contributed by atoms with Gasteiger partial charge in [-0.1, -0.05) is 0 Å². The topological polar surface area (TPSA) is 58.7 Å². The molecule has 0 aromatic carbocycles. The molecule has 25 heavy (non-hydrogen) atoms. The Morgan fingerprint density at radius 3 is 2.80 bits per heavy atom. The molecule has 0 aliphatic carbocycles. The lowest BCUT2D eigenvalue weighted by atomic mass is 9.81. The predicted octanol–water partition coefficient (Wildman–Crippen LogP) is 1.62. The maximum absolute atomic E-state index is 12.5. The van der Waals surface area contributed by atoms with Gasteiger partial charge >= 0.3 is 0 Å². The Labute approximate surface area is 146 Å².